The van der Waals surface area contributed by atoms with E-state index in [2.05, 4.69) is 17.2 Å². The Balaban J connectivity index is 2.06. The molecule has 2 aromatic heterocycles. The van der Waals surface area contributed by atoms with Crippen molar-refractivity contribution in [2.45, 2.75) is 33.6 Å². The van der Waals surface area contributed by atoms with Crippen LogP contribution in [0.4, 0.5) is 5.69 Å². The smallest absolute Gasteiger partial charge is 0.274 e. The van der Waals surface area contributed by atoms with Crippen molar-refractivity contribution in [1.82, 2.24) is 9.38 Å². The number of carbonyl (C=O) groups excluding carboxylic acids is 1. The molecule has 0 spiro atoms. The Morgan fingerprint density at radius 2 is 1.96 bits per heavy atom. The van der Waals surface area contributed by atoms with Crippen molar-refractivity contribution in [2.24, 2.45) is 0 Å². The van der Waals surface area contributed by atoms with Crippen LogP contribution in [0.2, 0.25) is 0 Å². The van der Waals surface area contributed by atoms with E-state index in [9.17, 15) is 4.79 Å². The predicted molar refractivity (Wildman–Crippen MR) is 99.6 cm³/mol. The van der Waals surface area contributed by atoms with Gasteiger partial charge in [-0.3, -0.25) is 9.20 Å². The third-order valence-corrected chi connectivity index (χ3v) is 4.14. The number of fused-ring (bicyclic) bond motifs is 1. The summed E-state index contributed by atoms with van der Waals surface area (Å²) in [5.41, 5.74) is 4.99. The molecule has 2 heterocycles. The first kappa shape index (κ1) is 17.0. The van der Waals surface area contributed by atoms with Crippen LogP contribution in [0, 0.1) is 13.8 Å². The quantitative estimate of drug-likeness (QED) is 0.760. The standard InChI is InChI=1S/C20H23N3O2/c1-5-6-15-19(23-12-14(3)8-10-18(23)21-15)20(24)22-16-11-13(2)7-9-17(16)25-4/h7-12H,5-6H2,1-4H3,(H,22,24). The molecule has 0 bridgehead atoms. The second-order valence-electron chi connectivity index (χ2n) is 6.25. The second kappa shape index (κ2) is 6.97. The predicted octanol–water partition coefficient (Wildman–Crippen LogP) is 4.16. The molecule has 0 saturated heterocycles. The van der Waals surface area contributed by atoms with E-state index in [1.54, 1.807) is 7.11 Å². The second-order valence-corrected chi connectivity index (χ2v) is 6.25. The number of rotatable bonds is 5. The van der Waals surface area contributed by atoms with E-state index in [1.165, 1.54) is 0 Å². The topological polar surface area (TPSA) is 55.6 Å². The molecule has 5 nitrogen and oxygen atoms in total. The summed E-state index contributed by atoms with van der Waals surface area (Å²) in [5, 5.41) is 2.99. The first-order chi connectivity index (χ1) is 12.0. The number of aromatic nitrogens is 2. The lowest BCUT2D eigenvalue weighted by molar-refractivity contribution is 0.102. The van der Waals surface area contributed by atoms with Crippen molar-refractivity contribution in [3.8, 4) is 5.75 Å². The lowest BCUT2D eigenvalue weighted by Crippen LogP contribution is -2.17. The number of aryl methyl sites for hydroxylation is 3. The van der Waals surface area contributed by atoms with Crippen LogP contribution in [0.5, 0.6) is 5.75 Å². The zero-order chi connectivity index (χ0) is 18.0. The van der Waals surface area contributed by atoms with Gasteiger partial charge < -0.3 is 10.1 Å². The molecule has 3 aromatic rings. The van der Waals surface area contributed by atoms with Crippen LogP contribution in [0.3, 0.4) is 0 Å². The normalized spacial score (nSPS) is 10.9. The fourth-order valence-corrected chi connectivity index (χ4v) is 2.95. The molecule has 3 rings (SSSR count). The number of anilines is 1. The molecule has 0 atom stereocenters. The number of hydrogen-bond donors (Lipinski definition) is 1. The first-order valence-electron chi connectivity index (χ1n) is 8.47. The number of methoxy groups -OCH3 is 1. The van der Waals surface area contributed by atoms with Gasteiger partial charge in [-0.1, -0.05) is 25.5 Å². The Labute approximate surface area is 147 Å². The summed E-state index contributed by atoms with van der Waals surface area (Å²) in [6.45, 7) is 6.07. The molecular weight excluding hydrogens is 314 g/mol. The molecule has 1 N–H and O–H groups in total. The van der Waals surface area contributed by atoms with Gasteiger partial charge in [-0.15, -0.1) is 0 Å². The van der Waals surface area contributed by atoms with Gasteiger partial charge in [0.15, 0.2) is 0 Å². The average Bonchev–Trinajstić information content (AvgIpc) is 2.92. The van der Waals surface area contributed by atoms with Gasteiger partial charge in [0.2, 0.25) is 0 Å². The number of hydrogen-bond acceptors (Lipinski definition) is 3. The summed E-state index contributed by atoms with van der Waals surface area (Å²) in [5.74, 6) is 0.464. The Morgan fingerprint density at radius 1 is 1.20 bits per heavy atom. The van der Waals surface area contributed by atoms with Crippen molar-refractivity contribution in [3.63, 3.8) is 0 Å². The fraction of sp³-hybridized carbons (Fsp3) is 0.300. The largest absolute Gasteiger partial charge is 0.495 e. The fourth-order valence-electron chi connectivity index (χ4n) is 2.95. The SMILES string of the molecule is CCCc1nc2ccc(C)cn2c1C(=O)Nc1cc(C)ccc1OC. The number of nitrogens with one attached hydrogen (secondary N) is 1. The Morgan fingerprint density at radius 3 is 2.68 bits per heavy atom. The number of imidazole rings is 1. The Hall–Kier alpha value is -2.82. The summed E-state index contributed by atoms with van der Waals surface area (Å²) in [7, 11) is 1.60. The van der Waals surface area contributed by atoms with Crippen molar-refractivity contribution < 1.29 is 9.53 Å². The van der Waals surface area contributed by atoms with Gasteiger partial charge in [0.25, 0.3) is 5.91 Å². The number of benzene rings is 1. The van der Waals surface area contributed by atoms with Gasteiger partial charge in [-0.25, -0.2) is 4.98 Å². The van der Waals surface area contributed by atoms with E-state index in [1.807, 2.05) is 54.8 Å². The lowest BCUT2D eigenvalue weighted by atomic mass is 10.1. The summed E-state index contributed by atoms with van der Waals surface area (Å²) in [4.78, 5) is 17.7. The van der Waals surface area contributed by atoms with Crippen molar-refractivity contribution in [3.05, 3.63) is 59.0 Å². The minimum Gasteiger partial charge on any atom is -0.495 e. The first-order valence-corrected chi connectivity index (χ1v) is 8.47. The third-order valence-electron chi connectivity index (χ3n) is 4.14. The van der Waals surface area contributed by atoms with E-state index in [4.69, 9.17) is 4.74 Å². The minimum atomic E-state index is -0.176. The molecule has 130 valence electrons. The molecule has 25 heavy (non-hydrogen) atoms. The van der Waals surface area contributed by atoms with Gasteiger partial charge in [0.05, 0.1) is 18.5 Å². The van der Waals surface area contributed by atoms with Crippen LogP contribution >= 0.6 is 0 Å². The van der Waals surface area contributed by atoms with Gasteiger partial charge in [0, 0.05) is 6.20 Å². The van der Waals surface area contributed by atoms with Gasteiger partial charge in [-0.2, -0.15) is 0 Å². The van der Waals surface area contributed by atoms with Crippen LogP contribution in [0.25, 0.3) is 5.65 Å². The number of nitrogens with zero attached hydrogens (tertiary/aromatic N) is 2. The molecular formula is C20H23N3O2. The highest BCUT2D eigenvalue weighted by Gasteiger charge is 2.20. The molecule has 0 radical (unpaired) electrons. The maximum Gasteiger partial charge on any atom is 0.274 e. The molecule has 0 saturated carbocycles. The van der Waals surface area contributed by atoms with Crippen LogP contribution in [0.1, 0.15) is 40.7 Å². The summed E-state index contributed by atoms with van der Waals surface area (Å²) >= 11 is 0. The summed E-state index contributed by atoms with van der Waals surface area (Å²) < 4.78 is 7.24. The molecule has 0 aliphatic rings. The molecule has 0 aliphatic carbocycles. The number of pyridine rings is 1. The van der Waals surface area contributed by atoms with Crippen molar-refractivity contribution in [1.29, 1.82) is 0 Å². The number of ether oxygens (including phenoxy) is 1. The van der Waals surface area contributed by atoms with Crippen LogP contribution < -0.4 is 10.1 Å². The Bertz CT molecular complexity index is 928. The zero-order valence-corrected chi connectivity index (χ0v) is 15.1. The minimum absolute atomic E-state index is 0.176. The molecule has 0 aliphatic heterocycles. The lowest BCUT2D eigenvalue weighted by Gasteiger charge is -2.12. The maximum atomic E-state index is 13.0. The highest BCUT2D eigenvalue weighted by Crippen LogP contribution is 2.26. The highest BCUT2D eigenvalue weighted by atomic mass is 16.5. The van der Waals surface area contributed by atoms with E-state index in [-0.39, 0.29) is 5.91 Å². The van der Waals surface area contributed by atoms with E-state index in [0.717, 1.165) is 35.3 Å². The monoisotopic (exact) mass is 337 g/mol. The highest BCUT2D eigenvalue weighted by molar-refractivity contribution is 6.05. The molecule has 0 fully saturated rings. The number of carbonyl (C=O) groups is 1. The third kappa shape index (κ3) is 3.36. The van der Waals surface area contributed by atoms with Crippen LogP contribution in [0.15, 0.2) is 36.5 Å². The maximum absolute atomic E-state index is 13.0. The Kier molecular flexibility index (Phi) is 4.74. The molecule has 0 unspecified atom stereocenters. The van der Waals surface area contributed by atoms with Gasteiger partial charge >= 0.3 is 0 Å². The summed E-state index contributed by atoms with van der Waals surface area (Å²) in [6, 6.07) is 9.66. The molecule has 1 aromatic carbocycles. The van der Waals surface area contributed by atoms with Gasteiger partial charge in [0.1, 0.15) is 17.1 Å². The molecule has 1 amide bonds. The van der Waals surface area contributed by atoms with E-state index < -0.39 is 0 Å². The zero-order valence-electron chi connectivity index (χ0n) is 15.1. The van der Waals surface area contributed by atoms with Crippen LogP contribution in [-0.4, -0.2) is 22.4 Å². The molecule has 5 heteroatoms. The summed E-state index contributed by atoms with van der Waals surface area (Å²) in [6.07, 6.45) is 3.63. The van der Waals surface area contributed by atoms with E-state index >= 15 is 0 Å². The van der Waals surface area contributed by atoms with Crippen molar-refractivity contribution in [2.75, 3.05) is 12.4 Å². The van der Waals surface area contributed by atoms with Gasteiger partial charge in [-0.05, 0) is 49.6 Å². The van der Waals surface area contributed by atoms with E-state index in [0.29, 0.717) is 17.1 Å². The average molecular weight is 337 g/mol. The van der Waals surface area contributed by atoms with Crippen LogP contribution in [-0.2, 0) is 6.42 Å². The van der Waals surface area contributed by atoms with Crippen molar-refractivity contribution >= 4 is 17.2 Å². The number of amides is 1.